The number of hydrogen-bond acceptors (Lipinski definition) is 3. The van der Waals surface area contributed by atoms with Crippen LogP contribution in [0.2, 0.25) is 5.02 Å². The van der Waals surface area contributed by atoms with Gasteiger partial charge in [-0.05, 0) is 36.4 Å². The molecule has 0 spiro atoms. The van der Waals surface area contributed by atoms with Crippen LogP contribution in [-0.2, 0) is 0 Å². The fourth-order valence-corrected chi connectivity index (χ4v) is 4.08. The van der Waals surface area contributed by atoms with Crippen LogP contribution < -0.4 is 4.90 Å². The molecule has 1 aliphatic heterocycles. The molecule has 5 nitrogen and oxygen atoms in total. The molecule has 0 saturated carbocycles. The molecule has 4 aromatic rings. The Morgan fingerprint density at radius 3 is 2.39 bits per heavy atom. The number of piperazine rings is 1. The van der Waals surface area contributed by atoms with Gasteiger partial charge < -0.3 is 14.2 Å². The Labute approximate surface area is 167 Å². The fraction of sp³-hybridized carbons (Fsp3) is 0.182. The number of para-hydroxylation sites is 2. The smallest absolute Gasteiger partial charge is 0.255 e. The summed E-state index contributed by atoms with van der Waals surface area (Å²) >= 11 is 6.20. The minimum atomic E-state index is -0.00967. The largest absolute Gasteiger partial charge is 0.351 e. The molecule has 5 rings (SSSR count). The second-order valence-electron chi connectivity index (χ2n) is 6.95. The average Bonchev–Trinajstić information content (AvgIpc) is 3.23. The lowest BCUT2D eigenvalue weighted by Gasteiger charge is -2.36. The quantitative estimate of drug-likeness (QED) is 0.517. The third-order valence-electron chi connectivity index (χ3n) is 5.32. The summed E-state index contributed by atoms with van der Waals surface area (Å²) in [5, 5.41) is 0.501. The number of anilines is 1. The van der Waals surface area contributed by atoms with E-state index in [0.29, 0.717) is 23.7 Å². The van der Waals surface area contributed by atoms with Crippen molar-refractivity contribution in [1.29, 1.82) is 0 Å². The monoisotopic (exact) mass is 390 g/mol. The lowest BCUT2D eigenvalue weighted by molar-refractivity contribution is 0.0747. The molecule has 3 heterocycles. The Hall–Kier alpha value is -3.05. The molecule has 1 saturated heterocycles. The number of nitrogens with zero attached hydrogens (tertiary/aromatic N) is 4. The number of carbonyl (C=O) groups excluding carboxylic acids is 1. The van der Waals surface area contributed by atoms with Crippen LogP contribution in [0.3, 0.4) is 0 Å². The standard InChI is InChI=1S/C22H19ClN4O/c23-17-7-2-1-6-16(17)22(28)26-14-12-25(13-15-26)21-20-10-5-11-27(20)19-9-4-3-8-18(19)24-21/h1-11H,12-15H2. The van der Waals surface area contributed by atoms with E-state index in [9.17, 15) is 4.79 Å². The highest BCUT2D eigenvalue weighted by molar-refractivity contribution is 6.33. The first-order chi connectivity index (χ1) is 13.7. The maximum absolute atomic E-state index is 12.8. The first-order valence-corrected chi connectivity index (χ1v) is 9.75. The number of aromatic nitrogens is 2. The van der Waals surface area contributed by atoms with Crippen LogP contribution in [0, 0.1) is 0 Å². The maximum atomic E-state index is 12.8. The summed E-state index contributed by atoms with van der Waals surface area (Å²) in [6, 6.07) is 19.5. The first kappa shape index (κ1) is 17.1. The summed E-state index contributed by atoms with van der Waals surface area (Å²) < 4.78 is 2.18. The summed E-state index contributed by atoms with van der Waals surface area (Å²) in [5.74, 6) is 0.957. The van der Waals surface area contributed by atoms with Crippen molar-refractivity contribution in [2.75, 3.05) is 31.1 Å². The highest BCUT2D eigenvalue weighted by Crippen LogP contribution is 2.26. The van der Waals surface area contributed by atoms with E-state index in [1.807, 2.05) is 41.3 Å². The van der Waals surface area contributed by atoms with Crippen molar-refractivity contribution in [3.05, 3.63) is 77.4 Å². The van der Waals surface area contributed by atoms with Crippen molar-refractivity contribution in [1.82, 2.24) is 14.3 Å². The zero-order chi connectivity index (χ0) is 19.1. The van der Waals surface area contributed by atoms with Gasteiger partial charge in [0.05, 0.1) is 27.1 Å². The van der Waals surface area contributed by atoms with Crippen molar-refractivity contribution in [3.8, 4) is 0 Å². The Morgan fingerprint density at radius 2 is 1.57 bits per heavy atom. The molecule has 0 aliphatic carbocycles. The van der Waals surface area contributed by atoms with Gasteiger partial charge in [0.15, 0.2) is 5.82 Å². The van der Waals surface area contributed by atoms with Crippen LogP contribution >= 0.6 is 11.6 Å². The molecule has 28 heavy (non-hydrogen) atoms. The van der Waals surface area contributed by atoms with Gasteiger partial charge in [-0.15, -0.1) is 0 Å². The SMILES string of the molecule is O=C(c1ccccc1Cl)N1CCN(c2nc3ccccc3n3cccc23)CC1. The third kappa shape index (κ3) is 2.79. The van der Waals surface area contributed by atoms with Gasteiger partial charge in [-0.3, -0.25) is 4.79 Å². The van der Waals surface area contributed by atoms with E-state index in [1.54, 1.807) is 12.1 Å². The van der Waals surface area contributed by atoms with Gasteiger partial charge >= 0.3 is 0 Å². The molecular formula is C22H19ClN4O. The van der Waals surface area contributed by atoms with Crippen LogP contribution in [0.15, 0.2) is 66.9 Å². The highest BCUT2D eigenvalue weighted by atomic mass is 35.5. The van der Waals surface area contributed by atoms with E-state index < -0.39 is 0 Å². The first-order valence-electron chi connectivity index (χ1n) is 9.37. The Bertz CT molecular complexity index is 1180. The number of fused-ring (bicyclic) bond motifs is 3. The van der Waals surface area contributed by atoms with E-state index >= 15 is 0 Å². The fourth-order valence-electron chi connectivity index (χ4n) is 3.87. The summed E-state index contributed by atoms with van der Waals surface area (Å²) in [6.45, 7) is 2.77. The summed E-state index contributed by atoms with van der Waals surface area (Å²) in [4.78, 5) is 21.9. The van der Waals surface area contributed by atoms with Crippen molar-refractivity contribution in [2.24, 2.45) is 0 Å². The second kappa shape index (κ2) is 6.84. The average molecular weight is 391 g/mol. The van der Waals surface area contributed by atoms with E-state index in [2.05, 4.69) is 27.6 Å². The summed E-state index contributed by atoms with van der Waals surface area (Å²) in [5.41, 5.74) is 3.72. The van der Waals surface area contributed by atoms with Crippen molar-refractivity contribution in [2.45, 2.75) is 0 Å². The highest BCUT2D eigenvalue weighted by Gasteiger charge is 2.25. The molecular weight excluding hydrogens is 372 g/mol. The minimum Gasteiger partial charge on any atom is -0.351 e. The number of hydrogen-bond donors (Lipinski definition) is 0. The molecule has 0 N–H and O–H groups in total. The number of carbonyl (C=O) groups is 1. The minimum absolute atomic E-state index is 0.00967. The zero-order valence-electron chi connectivity index (χ0n) is 15.3. The number of benzene rings is 2. The molecule has 6 heteroatoms. The van der Waals surface area contributed by atoms with E-state index in [1.165, 1.54) is 0 Å². The van der Waals surface area contributed by atoms with Gasteiger partial charge in [0.1, 0.15) is 0 Å². The molecule has 0 unspecified atom stereocenters. The zero-order valence-corrected chi connectivity index (χ0v) is 16.0. The van der Waals surface area contributed by atoms with Gasteiger partial charge in [-0.2, -0.15) is 0 Å². The molecule has 2 aromatic heterocycles. The van der Waals surface area contributed by atoms with Crippen LogP contribution in [0.5, 0.6) is 0 Å². The Balaban J connectivity index is 1.42. The Morgan fingerprint density at radius 1 is 0.857 bits per heavy atom. The van der Waals surface area contributed by atoms with Crippen LogP contribution in [0.1, 0.15) is 10.4 Å². The van der Waals surface area contributed by atoms with Crippen molar-refractivity contribution < 1.29 is 4.79 Å². The maximum Gasteiger partial charge on any atom is 0.255 e. The molecule has 0 bridgehead atoms. The van der Waals surface area contributed by atoms with Crippen LogP contribution in [-0.4, -0.2) is 46.4 Å². The molecule has 0 radical (unpaired) electrons. The van der Waals surface area contributed by atoms with E-state index in [0.717, 1.165) is 35.5 Å². The second-order valence-corrected chi connectivity index (χ2v) is 7.35. The number of amides is 1. The van der Waals surface area contributed by atoms with Crippen molar-refractivity contribution in [3.63, 3.8) is 0 Å². The van der Waals surface area contributed by atoms with Gasteiger partial charge in [0, 0.05) is 32.4 Å². The lowest BCUT2D eigenvalue weighted by atomic mass is 10.1. The number of rotatable bonds is 2. The van der Waals surface area contributed by atoms with Crippen molar-refractivity contribution >= 4 is 39.9 Å². The third-order valence-corrected chi connectivity index (χ3v) is 5.65. The topological polar surface area (TPSA) is 40.9 Å². The lowest BCUT2D eigenvalue weighted by Crippen LogP contribution is -2.49. The van der Waals surface area contributed by atoms with Crippen LogP contribution in [0.25, 0.3) is 16.6 Å². The Kier molecular flexibility index (Phi) is 4.17. The van der Waals surface area contributed by atoms with Crippen LogP contribution in [0.4, 0.5) is 5.82 Å². The molecule has 1 aliphatic rings. The van der Waals surface area contributed by atoms with Gasteiger partial charge in [0.25, 0.3) is 5.91 Å². The predicted molar refractivity (Wildman–Crippen MR) is 112 cm³/mol. The molecule has 0 atom stereocenters. The summed E-state index contributed by atoms with van der Waals surface area (Å²) in [7, 11) is 0. The number of halogens is 1. The molecule has 1 fully saturated rings. The predicted octanol–water partition coefficient (Wildman–Crippen LogP) is 4.10. The molecule has 1 amide bonds. The normalized spacial score (nSPS) is 14.8. The summed E-state index contributed by atoms with van der Waals surface area (Å²) in [6.07, 6.45) is 2.07. The van der Waals surface area contributed by atoms with Gasteiger partial charge in [0.2, 0.25) is 0 Å². The molecule has 2 aromatic carbocycles. The van der Waals surface area contributed by atoms with Gasteiger partial charge in [-0.1, -0.05) is 35.9 Å². The van der Waals surface area contributed by atoms with Gasteiger partial charge in [-0.25, -0.2) is 4.98 Å². The van der Waals surface area contributed by atoms with E-state index in [4.69, 9.17) is 16.6 Å². The van der Waals surface area contributed by atoms with E-state index in [-0.39, 0.29) is 5.91 Å². The molecule has 140 valence electrons.